The lowest BCUT2D eigenvalue weighted by molar-refractivity contribution is 0.0948. The molecule has 0 saturated heterocycles. The van der Waals surface area contributed by atoms with Crippen LogP contribution >= 0.6 is 11.3 Å². The van der Waals surface area contributed by atoms with Crippen LogP contribution in [0.4, 0.5) is 5.00 Å². The van der Waals surface area contributed by atoms with Crippen molar-refractivity contribution in [1.82, 2.24) is 10.0 Å². The first-order valence-electron chi connectivity index (χ1n) is 10.9. The number of rotatable bonds is 9. The molecule has 33 heavy (non-hydrogen) atoms. The van der Waals surface area contributed by atoms with Gasteiger partial charge in [-0.2, -0.15) is 0 Å². The fourth-order valence-electron chi connectivity index (χ4n) is 3.61. The van der Waals surface area contributed by atoms with Gasteiger partial charge in [0.1, 0.15) is 5.00 Å². The zero-order valence-corrected chi connectivity index (χ0v) is 21.0. The highest BCUT2D eigenvalue weighted by Crippen LogP contribution is 2.38. The molecule has 3 rings (SSSR count). The van der Waals surface area contributed by atoms with Crippen molar-refractivity contribution in [3.63, 3.8) is 0 Å². The molecule has 11 heteroatoms. The molecule has 2 aromatic rings. The summed E-state index contributed by atoms with van der Waals surface area (Å²) >= 11 is 1.39. The Morgan fingerprint density at radius 1 is 1.15 bits per heavy atom. The number of thiophene rings is 1. The molecule has 1 aliphatic carbocycles. The summed E-state index contributed by atoms with van der Waals surface area (Å²) in [6.45, 7) is 6.13. The van der Waals surface area contributed by atoms with Gasteiger partial charge in [-0.1, -0.05) is 0 Å². The van der Waals surface area contributed by atoms with Gasteiger partial charge in [-0.25, -0.2) is 13.1 Å². The molecule has 9 nitrogen and oxygen atoms in total. The summed E-state index contributed by atoms with van der Waals surface area (Å²) in [7, 11) is -2.30. The van der Waals surface area contributed by atoms with Crippen LogP contribution in [0, 0.1) is 0 Å². The minimum Gasteiger partial charge on any atom is -0.438 e. The van der Waals surface area contributed by atoms with Crippen LogP contribution in [0.1, 0.15) is 71.4 Å². The molecular weight excluding hydrogens is 466 g/mol. The third kappa shape index (κ3) is 6.44. The number of carbonyl (C=O) groups excluding carboxylic acids is 2. The monoisotopic (exact) mass is 497 g/mol. The minimum absolute atomic E-state index is 0.151. The van der Waals surface area contributed by atoms with E-state index in [9.17, 15) is 18.0 Å². The van der Waals surface area contributed by atoms with E-state index in [4.69, 9.17) is 9.15 Å². The Labute approximate surface area is 198 Å². The van der Waals surface area contributed by atoms with Crippen molar-refractivity contribution < 1.29 is 27.2 Å². The van der Waals surface area contributed by atoms with Crippen molar-refractivity contribution in [3.05, 3.63) is 33.9 Å². The number of hydrogen-bond donors (Lipinski definition) is 3. The second kappa shape index (κ2) is 10.4. The van der Waals surface area contributed by atoms with Gasteiger partial charge in [0.2, 0.25) is 5.09 Å². The van der Waals surface area contributed by atoms with Gasteiger partial charge in [-0.05, 0) is 70.6 Å². The molecular formula is C22H31N3O6S2. The average Bonchev–Trinajstić information content (AvgIpc) is 3.34. The van der Waals surface area contributed by atoms with Crippen LogP contribution in [-0.2, 0) is 27.6 Å². The number of ether oxygens (including phenoxy) is 1. The van der Waals surface area contributed by atoms with Gasteiger partial charge in [-0.3, -0.25) is 9.59 Å². The Morgan fingerprint density at radius 3 is 2.58 bits per heavy atom. The van der Waals surface area contributed by atoms with Crippen molar-refractivity contribution in [3.8, 4) is 0 Å². The van der Waals surface area contributed by atoms with Crippen molar-refractivity contribution >= 4 is 38.2 Å². The normalized spacial score (nSPS) is 14.1. The third-order valence-corrected chi connectivity index (χ3v) is 7.78. The second-order valence-corrected chi connectivity index (χ2v) is 11.7. The number of furan rings is 1. The predicted octanol–water partition coefficient (Wildman–Crippen LogP) is 3.32. The molecule has 0 unspecified atom stereocenters. The van der Waals surface area contributed by atoms with E-state index < -0.39 is 21.5 Å². The Hall–Kier alpha value is -2.21. The van der Waals surface area contributed by atoms with E-state index in [1.807, 2.05) is 0 Å². The molecule has 1 aliphatic rings. The first-order valence-corrected chi connectivity index (χ1v) is 13.2. The maximum Gasteiger partial charge on any atom is 0.292 e. The maximum absolute atomic E-state index is 12.9. The summed E-state index contributed by atoms with van der Waals surface area (Å²) in [5.41, 5.74) is 0.757. The highest BCUT2D eigenvalue weighted by atomic mass is 32.2. The van der Waals surface area contributed by atoms with Gasteiger partial charge >= 0.3 is 0 Å². The fraction of sp³-hybridized carbons (Fsp3) is 0.545. The molecule has 2 amide bonds. The van der Waals surface area contributed by atoms with Crippen LogP contribution < -0.4 is 15.4 Å². The van der Waals surface area contributed by atoms with Crippen molar-refractivity contribution in [1.29, 1.82) is 0 Å². The number of anilines is 1. The van der Waals surface area contributed by atoms with E-state index in [1.54, 1.807) is 27.9 Å². The summed E-state index contributed by atoms with van der Waals surface area (Å²) in [5, 5.41) is 5.76. The average molecular weight is 498 g/mol. The minimum atomic E-state index is -3.91. The van der Waals surface area contributed by atoms with Crippen molar-refractivity contribution in [2.45, 2.75) is 63.5 Å². The fourth-order valence-corrected chi connectivity index (χ4v) is 6.24. The van der Waals surface area contributed by atoms with Gasteiger partial charge in [0.25, 0.3) is 21.8 Å². The number of aryl methyl sites for hydroxylation is 1. The van der Waals surface area contributed by atoms with Gasteiger partial charge < -0.3 is 19.8 Å². The van der Waals surface area contributed by atoms with E-state index >= 15 is 0 Å². The quantitative estimate of drug-likeness (QED) is 0.456. The number of fused-ring (bicyclic) bond motifs is 1. The van der Waals surface area contributed by atoms with Crippen LogP contribution in [0.25, 0.3) is 0 Å². The maximum atomic E-state index is 12.9. The van der Waals surface area contributed by atoms with Crippen LogP contribution in [0.2, 0.25) is 0 Å². The Morgan fingerprint density at radius 2 is 1.88 bits per heavy atom. The highest BCUT2D eigenvalue weighted by molar-refractivity contribution is 7.89. The summed E-state index contributed by atoms with van der Waals surface area (Å²) in [6, 6.07) is 2.55. The molecule has 182 valence electrons. The van der Waals surface area contributed by atoms with Crippen molar-refractivity contribution in [2.24, 2.45) is 0 Å². The number of nitrogens with one attached hydrogen (secondary N) is 3. The zero-order chi connectivity index (χ0) is 24.2. The number of methoxy groups -OCH3 is 1. The molecule has 2 aromatic heterocycles. The summed E-state index contributed by atoms with van der Waals surface area (Å²) in [4.78, 5) is 26.9. The van der Waals surface area contributed by atoms with Gasteiger partial charge in [0, 0.05) is 30.7 Å². The first-order chi connectivity index (χ1) is 15.5. The number of amides is 2. The zero-order valence-electron chi connectivity index (χ0n) is 19.4. The smallest absolute Gasteiger partial charge is 0.292 e. The topological polar surface area (TPSA) is 127 Å². The molecule has 0 spiro atoms. The van der Waals surface area contributed by atoms with Crippen molar-refractivity contribution in [2.75, 3.05) is 25.6 Å². The third-order valence-electron chi connectivity index (χ3n) is 4.95. The standard InChI is InChI=1S/C22H31N3O6S2/c1-22(2,3)25-33(28,29)17-11-10-15(31-17)19(26)24-21-18(20(27)23-12-7-13-30-4)14-8-5-6-9-16(14)32-21/h10-11,25H,5-9,12-13H2,1-4H3,(H,23,27)(H,24,26). The molecule has 0 fully saturated rings. The molecule has 0 saturated carbocycles. The predicted molar refractivity (Wildman–Crippen MR) is 127 cm³/mol. The number of hydrogen-bond acceptors (Lipinski definition) is 7. The van der Waals surface area contributed by atoms with E-state index in [1.165, 1.54) is 23.5 Å². The number of sulfonamides is 1. The Balaban J connectivity index is 1.80. The van der Waals surface area contributed by atoms with E-state index in [0.29, 0.717) is 30.1 Å². The highest BCUT2D eigenvalue weighted by Gasteiger charge is 2.29. The Bertz CT molecular complexity index is 1110. The van der Waals surface area contributed by atoms with Gasteiger partial charge in [0.15, 0.2) is 5.76 Å². The lowest BCUT2D eigenvalue weighted by Crippen LogP contribution is -2.40. The molecule has 3 N–H and O–H groups in total. The molecule has 2 heterocycles. The van der Waals surface area contributed by atoms with E-state index in [-0.39, 0.29) is 16.8 Å². The first kappa shape index (κ1) is 25.4. The lowest BCUT2D eigenvalue weighted by Gasteiger charge is -2.18. The molecule has 0 bridgehead atoms. The number of carbonyl (C=O) groups is 2. The SMILES string of the molecule is COCCCNC(=O)c1c(NC(=O)c2ccc(S(=O)(=O)NC(C)(C)C)o2)sc2c1CCCC2. The van der Waals surface area contributed by atoms with E-state index in [0.717, 1.165) is 36.1 Å². The lowest BCUT2D eigenvalue weighted by atomic mass is 9.95. The molecule has 0 atom stereocenters. The Kier molecular flexibility index (Phi) is 7.99. The van der Waals surface area contributed by atoms with Crippen LogP contribution in [0.15, 0.2) is 21.6 Å². The summed E-state index contributed by atoms with van der Waals surface area (Å²) in [5.74, 6) is -1.00. The van der Waals surface area contributed by atoms with Gasteiger partial charge in [-0.15, -0.1) is 11.3 Å². The van der Waals surface area contributed by atoms with Gasteiger partial charge in [0.05, 0.1) is 5.56 Å². The van der Waals surface area contributed by atoms with Crippen LogP contribution in [0.3, 0.4) is 0 Å². The molecule has 0 radical (unpaired) electrons. The van der Waals surface area contributed by atoms with Crippen LogP contribution in [0.5, 0.6) is 0 Å². The summed E-state index contributed by atoms with van der Waals surface area (Å²) in [6.07, 6.45) is 4.35. The van der Waals surface area contributed by atoms with E-state index in [2.05, 4.69) is 15.4 Å². The molecule has 0 aliphatic heterocycles. The van der Waals surface area contributed by atoms with Crippen LogP contribution in [-0.4, -0.2) is 46.0 Å². The summed E-state index contributed by atoms with van der Waals surface area (Å²) < 4.78 is 37.8. The molecule has 0 aromatic carbocycles. The largest absolute Gasteiger partial charge is 0.438 e. The second-order valence-electron chi connectivity index (χ2n) is 8.95.